The van der Waals surface area contributed by atoms with Crippen LogP contribution in [0.15, 0.2) is 115 Å². The Morgan fingerprint density at radius 1 is 0.522 bits per heavy atom. The van der Waals surface area contributed by atoms with Gasteiger partial charge in [0.15, 0.2) is 6.19 Å². The van der Waals surface area contributed by atoms with Crippen molar-refractivity contribution in [2.75, 3.05) is 22.5 Å². The number of hydrogen-bond acceptors (Lipinski definition) is 6. The van der Waals surface area contributed by atoms with Crippen molar-refractivity contribution in [3.8, 4) is 34.8 Å². The highest BCUT2D eigenvalue weighted by Gasteiger charge is 2.23. The SMILES string of the molecule is N#CNc1cc(C#N)cc(-c2c(-n3c4ccccc4c4ccc(N)cc43)cc(N)cc2-n2c3ccccc3c3ccc(N)cc32)c1. The highest BCUT2D eigenvalue weighted by Crippen LogP contribution is 2.44. The van der Waals surface area contributed by atoms with Crippen LogP contribution >= 0.6 is 0 Å². The average Bonchev–Trinajstić information content (AvgIpc) is 3.56. The smallest absolute Gasteiger partial charge is 0.181 e. The van der Waals surface area contributed by atoms with Gasteiger partial charge in [0.05, 0.1) is 45.1 Å². The molecule has 0 saturated carbocycles. The number of nitrogens with two attached hydrogens (primary N) is 3. The first-order valence-corrected chi connectivity index (χ1v) is 14.7. The number of nitrogens with zero attached hydrogens (tertiary/aromatic N) is 4. The van der Waals surface area contributed by atoms with E-state index < -0.39 is 0 Å². The maximum Gasteiger partial charge on any atom is 0.181 e. The number of fused-ring (bicyclic) bond motifs is 6. The zero-order valence-corrected chi connectivity index (χ0v) is 24.5. The van der Waals surface area contributed by atoms with E-state index in [4.69, 9.17) is 17.2 Å². The largest absolute Gasteiger partial charge is 0.399 e. The lowest BCUT2D eigenvalue weighted by Crippen LogP contribution is -2.06. The maximum atomic E-state index is 10.1. The van der Waals surface area contributed by atoms with Crippen LogP contribution in [-0.4, -0.2) is 9.13 Å². The Morgan fingerprint density at radius 2 is 1.04 bits per heavy atom. The molecule has 218 valence electrons. The molecule has 0 aliphatic carbocycles. The Kier molecular flexibility index (Phi) is 5.86. The number of rotatable bonds is 4. The fourth-order valence-corrected chi connectivity index (χ4v) is 6.75. The molecular weight excluding hydrogens is 568 g/mol. The van der Waals surface area contributed by atoms with Crippen LogP contribution < -0.4 is 22.5 Å². The molecule has 0 saturated heterocycles. The van der Waals surface area contributed by atoms with Crippen molar-refractivity contribution in [1.82, 2.24) is 9.13 Å². The minimum absolute atomic E-state index is 0.405. The normalized spacial score (nSPS) is 11.3. The summed E-state index contributed by atoms with van der Waals surface area (Å²) in [6.45, 7) is 0. The molecule has 8 aromatic rings. The molecule has 46 heavy (non-hydrogen) atoms. The van der Waals surface area contributed by atoms with Crippen LogP contribution in [0.1, 0.15) is 5.56 Å². The predicted octanol–water partition coefficient (Wildman–Crippen LogP) is 8.06. The Labute approximate surface area is 263 Å². The molecule has 0 aliphatic rings. The van der Waals surface area contributed by atoms with Crippen LogP contribution in [0.2, 0.25) is 0 Å². The van der Waals surface area contributed by atoms with E-state index in [0.717, 1.165) is 66.1 Å². The van der Waals surface area contributed by atoms with Crippen LogP contribution in [0.5, 0.6) is 0 Å². The summed E-state index contributed by atoms with van der Waals surface area (Å²) in [5, 5.41) is 26.5. The molecule has 8 rings (SSSR count). The van der Waals surface area contributed by atoms with E-state index in [1.807, 2.05) is 91.1 Å². The lowest BCUT2D eigenvalue weighted by atomic mass is 9.97. The van der Waals surface area contributed by atoms with Gasteiger partial charge in [-0.3, -0.25) is 5.32 Å². The van der Waals surface area contributed by atoms with Gasteiger partial charge in [-0.25, -0.2) is 0 Å². The summed E-state index contributed by atoms with van der Waals surface area (Å²) in [5.41, 5.74) is 29.2. The van der Waals surface area contributed by atoms with E-state index in [1.54, 1.807) is 6.07 Å². The summed E-state index contributed by atoms with van der Waals surface area (Å²) in [7, 11) is 0. The molecule has 2 aromatic heterocycles. The summed E-state index contributed by atoms with van der Waals surface area (Å²) in [4.78, 5) is 0. The van der Waals surface area contributed by atoms with Crippen molar-refractivity contribution in [3.63, 3.8) is 0 Å². The van der Waals surface area contributed by atoms with Gasteiger partial charge in [-0.15, -0.1) is 0 Å². The van der Waals surface area contributed by atoms with E-state index in [9.17, 15) is 10.5 Å². The fourth-order valence-electron chi connectivity index (χ4n) is 6.75. The monoisotopic (exact) mass is 594 g/mol. The third kappa shape index (κ3) is 3.99. The first-order valence-electron chi connectivity index (χ1n) is 14.7. The number of benzene rings is 6. The van der Waals surface area contributed by atoms with Gasteiger partial charge < -0.3 is 26.3 Å². The molecular formula is C38H26N8. The number of nitriles is 2. The van der Waals surface area contributed by atoms with Gasteiger partial charge in [0.25, 0.3) is 0 Å². The summed E-state index contributed by atoms with van der Waals surface area (Å²) >= 11 is 0. The Bertz CT molecular complexity index is 2490. The topological polar surface area (TPSA) is 148 Å². The third-order valence-corrected chi connectivity index (χ3v) is 8.55. The van der Waals surface area contributed by atoms with E-state index in [-0.39, 0.29) is 0 Å². The summed E-state index contributed by atoms with van der Waals surface area (Å²) < 4.78 is 4.35. The molecule has 0 bridgehead atoms. The summed E-state index contributed by atoms with van der Waals surface area (Å²) in [6.07, 6.45) is 2.00. The molecule has 0 atom stereocenters. The molecule has 0 unspecified atom stereocenters. The molecule has 6 aromatic carbocycles. The molecule has 8 nitrogen and oxygen atoms in total. The molecule has 0 spiro atoms. The second-order valence-corrected chi connectivity index (χ2v) is 11.3. The Balaban J connectivity index is 1.61. The van der Waals surface area contributed by atoms with Gasteiger partial charge >= 0.3 is 0 Å². The van der Waals surface area contributed by atoms with Crippen molar-refractivity contribution in [3.05, 3.63) is 121 Å². The van der Waals surface area contributed by atoms with Crippen LogP contribution in [0.4, 0.5) is 22.7 Å². The Morgan fingerprint density at radius 3 is 1.57 bits per heavy atom. The predicted molar refractivity (Wildman–Crippen MR) is 188 cm³/mol. The number of aromatic nitrogens is 2. The van der Waals surface area contributed by atoms with Crippen molar-refractivity contribution in [2.45, 2.75) is 0 Å². The van der Waals surface area contributed by atoms with Crippen LogP contribution in [0, 0.1) is 22.8 Å². The molecule has 0 fully saturated rings. The quantitative estimate of drug-likeness (QED) is 0.0920. The van der Waals surface area contributed by atoms with Crippen LogP contribution in [-0.2, 0) is 0 Å². The van der Waals surface area contributed by atoms with Crippen LogP contribution in [0.3, 0.4) is 0 Å². The molecule has 0 radical (unpaired) electrons. The first kappa shape index (κ1) is 26.7. The zero-order valence-electron chi connectivity index (χ0n) is 24.5. The molecule has 0 amide bonds. The van der Waals surface area contributed by atoms with Crippen molar-refractivity contribution in [2.24, 2.45) is 0 Å². The minimum atomic E-state index is 0.405. The van der Waals surface area contributed by atoms with Gasteiger partial charge in [-0.05, 0) is 72.3 Å². The summed E-state index contributed by atoms with van der Waals surface area (Å²) in [6, 6.07) is 39.8. The van der Waals surface area contributed by atoms with E-state index in [0.29, 0.717) is 28.3 Å². The van der Waals surface area contributed by atoms with Crippen molar-refractivity contribution in [1.29, 1.82) is 10.5 Å². The average molecular weight is 595 g/mol. The van der Waals surface area contributed by atoms with Gasteiger partial charge in [0.2, 0.25) is 0 Å². The second kappa shape index (κ2) is 10.1. The Hall–Kier alpha value is -6.90. The van der Waals surface area contributed by atoms with Gasteiger partial charge in [-0.2, -0.15) is 10.5 Å². The molecule has 2 heterocycles. The fraction of sp³-hybridized carbons (Fsp3) is 0. The summed E-state index contributed by atoms with van der Waals surface area (Å²) in [5.74, 6) is 0. The van der Waals surface area contributed by atoms with E-state index in [2.05, 4.69) is 44.8 Å². The van der Waals surface area contributed by atoms with Crippen molar-refractivity contribution < 1.29 is 0 Å². The molecule has 0 aliphatic heterocycles. The minimum Gasteiger partial charge on any atom is -0.399 e. The third-order valence-electron chi connectivity index (χ3n) is 8.55. The van der Waals surface area contributed by atoms with Crippen molar-refractivity contribution >= 4 is 66.4 Å². The maximum absolute atomic E-state index is 10.1. The van der Waals surface area contributed by atoms with E-state index >= 15 is 0 Å². The second-order valence-electron chi connectivity index (χ2n) is 11.3. The van der Waals surface area contributed by atoms with Gasteiger partial charge in [0, 0.05) is 49.9 Å². The number of para-hydroxylation sites is 2. The van der Waals surface area contributed by atoms with Gasteiger partial charge in [-0.1, -0.05) is 48.5 Å². The molecule has 8 heteroatoms. The lowest BCUT2D eigenvalue weighted by molar-refractivity contribution is 1.14. The highest BCUT2D eigenvalue weighted by atomic mass is 15.0. The van der Waals surface area contributed by atoms with Gasteiger partial charge in [0.1, 0.15) is 0 Å². The van der Waals surface area contributed by atoms with Crippen LogP contribution in [0.25, 0.3) is 66.1 Å². The number of anilines is 4. The number of nitrogen functional groups attached to an aromatic ring is 3. The standard InChI is InChI=1S/C38H26N8/c39-20-22-13-23(15-27(14-22)44-21-40)38-36(45-32-7-3-1-5-28(32)30-11-9-24(41)16-34(30)45)18-26(43)19-37(38)46-33-8-4-2-6-29(33)31-12-10-25(42)17-35(31)46/h1-19,44H,41-43H2. The number of nitrogens with one attached hydrogen (secondary N) is 1. The van der Waals surface area contributed by atoms with E-state index in [1.165, 1.54) is 0 Å². The molecule has 7 N–H and O–H groups in total. The number of hydrogen-bond donors (Lipinski definition) is 4. The first-order chi connectivity index (χ1) is 22.4. The zero-order chi connectivity index (χ0) is 31.5. The highest BCUT2D eigenvalue weighted by molar-refractivity contribution is 6.13. The lowest BCUT2D eigenvalue weighted by Gasteiger charge is -2.21.